The lowest BCUT2D eigenvalue weighted by Gasteiger charge is -2.16. The molecule has 4 rings (SSSR count). The van der Waals surface area contributed by atoms with Crippen molar-refractivity contribution in [3.63, 3.8) is 0 Å². The Bertz CT molecular complexity index is 1600. The standard InChI is InChI=1S/C28H20Cl3F6N3O3/c1-2-3-20(41)40-24-18(33)8-9-19(23(24)34)39-25(42)14-11-13(5-6-16(14)29)38-26(43)22-21(27(22,30)31)12-4-7-17(32)15(10-12)28(35,36)37/h2,4-11,20-22,40-41H,1,3H2,(H,38,43)(H,39,42)/t20?,21-,22+/m0/s1. The molecular formula is C28H20Cl3F6N3O3. The van der Waals surface area contributed by atoms with Gasteiger partial charge in [0.15, 0.2) is 5.82 Å². The van der Waals surface area contributed by atoms with Crippen molar-refractivity contribution in [2.75, 3.05) is 16.0 Å². The molecule has 0 radical (unpaired) electrons. The zero-order chi connectivity index (χ0) is 31.9. The summed E-state index contributed by atoms with van der Waals surface area (Å²) in [6, 6.07) is 7.66. The minimum atomic E-state index is -4.99. The Hall–Kier alpha value is -3.45. The van der Waals surface area contributed by atoms with Gasteiger partial charge in [0.05, 0.1) is 27.8 Å². The van der Waals surface area contributed by atoms with E-state index < -0.39 is 74.8 Å². The summed E-state index contributed by atoms with van der Waals surface area (Å²) in [5, 5.41) is 16.6. The molecule has 15 heteroatoms. The fraction of sp³-hybridized carbons (Fsp3) is 0.214. The molecule has 0 aromatic heterocycles. The van der Waals surface area contributed by atoms with Gasteiger partial charge in [-0.2, -0.15) is 13.2 Å². The first kappa shape index (κ1) is 32.5. The van der Waals surface area contributed by atoms with Crippen LogP contribution in [0.25, 0.3) is 0 Å². The Morgan fingerprint density at radius 1 is 1.02 bits per heavy atom. The first-order valence-electron chi connectivity index (χ1n) is 12.3. The van der Waals surface area contributed by atoms with Crippen LogP contribution < -0.4 is 16.0 Å². The molecule has 0 bridgehead atoms. The second kappa shape index (κ2) is 12.3. The summed E-state index contributed by atoms with van der Waals surface area (Å²) < 4.78 is 80.6. The molecule has 1 saturated carbocycles. The summed E-state index contributed by atoms with van der Waals surface area (Å²) in [4.78, 5) is 26.0. The Kier molecular flexibility index (Phi) is 9.27. The van der Waals surface area contributed by atoms with E-state index in [9.17, 15) is 41.0 Å². The van der Waals surface area contributed by atoms with Crippen molar-refractivity contribution in [2.45, 2.75) is 29.1 Å². The fourth-order valence-corrected chi connectivity index (χ4v) is 5.40. The Morgan fingerprint density at radius 3 is 2.35 bits per heavy atom. The van der Waals surface area contributed by atoms with Crippen LogP contribution in [0.15, 0.2) is 61.2 Å². The van der Waals surface area contributed by atoms with Gasteiger partial charge < -0.3 is 21.1 Å². The van der Waals surface area contributed by atoms with E-state index >= 15 is 0 Å². The van der Waals surface area contributed by atoms with Crippen molar-refractivity contribution in [1.82, 2.24) is 0 Å². The predicted molar refractivity (Wildman–Crippen MR) is 151 cm³/mol. The van der Waals surface area contributed by atoms with Crippen molar-refractivity contribution >= 4 is 63.7 Å². The van der Waals surface area contributed by atoms with Gasteiger partial charge >= 0.3 is 6.18 Å². The van der Waals surface area contributed by atoms with Crippen LogP contribution in [0.3, 0.4) is 0 Å². The number of halogens is 9. The molecule has 1 aliphatic rings. The number of amides is 2. The summed E-state index contributed by atoms with van der Waals surface area (Å²) in [5.41, 5.74) is -3.05. The molecule has 0 saturated heterocycles. The molecule has 0 spiro atoms. The predicted octanol–water partition coefficient (Wildman–Crippen LogP) is 7.86. The molecule has 0 heterocycles. The maximum absolute atomic E-state index is 15.0. The van der Waals surface area contributed by atoms with Gasteiger partial charge in [-0.1, -0.05) is 23.7 Å². The highest BCUT2D eigenvalue weighted by atomic mass is 35.5. The highest BCUT2D eigenvalue weighted by Crippen LogP contribution is 2.65. The number of carbonyl (C=O) groups is 2. The lowest BCUT2D eigenvalue weighted by atomic mass is 10.0. The molecule has 6 nitrogen and oxygen atoms in total. The number of aliphatic hydroxyl groups is 1. The van der Waals surface area contributed by atoms with E-state index in [1.54, 1.807) is 0 Å². The van der Waals surface area contributed by atoms with Crippen molar-refractivity contribution in [3.8, 4) is 0 Å². The van der Waals surface area contributed by atoms with Gasteiger partial charge in [-0.25, -0.2) is 13.2 Å². The van der Waals surface area contributed by atoms with Crippen molar-refractivity contribution in [3.05, 3.63) is 100 Å². The lowest BCUT2D eigenvalue weighted by Crippen LogP contribution is -2.21. The van der Waals surface area contributed by atoms with Crippen LogP contribution >= 0.6 is 34.8 Å². The number of anilines is 3. The number of alkyl halides is 5. The van der Waals surface area contributed by atoms with Gasteiger partial charge in [0.1, 0.15) is 27.9 Å². The molecule has 3 aromatic rings. The van der Waals surface area contributed by atoms with E-state index in [0.29, 0.717) is 12.1 Å². The summed E-state index contributed by atoms with van der Waals surface area (Å²) in [7, 11) is 0. The van der Waals surface area contributed by atoms with Gasteiger partial charge in [-0.05, 0) is 48.0 Å². The number of benzene rings is 3. The molecule has 43 heavy (non-hydrogen) atoms. The molecule has 3 atom stereocenters. The van der Waals surface area contributed by atoms with Crippen LogP contribution in [-0.4, -0.2) is 27.5 Å². The summed E-state index contributed by atoms with van der Waals surface area (Å²) in [5.74, 6) is -7.88. The topological polar surface area (TPSA) is 90.5 Å². The summed E-state index contributed by atoms with van der Waals surface area (Å²) in [6.45, 7) is 3.42. The number of rotatable bonds is 9. The van der Waals surface area contributed by atoms with Crippen LogP contribution in [0.4, 0.5) is 43.4 Å². The quantitative estimate of drug-likeness (QED) is 0.0811. The third kappa shape index (κ3) is 6.87. The second-order valence-corrected chi connectivity index (χ2v) is 11.3. The third-order valence-electron chi connectivity index (χ3n) is 6.51. The Morgan fingerprint density at radius 2 is 1.70 bits per heavy atom. The average molecular weight is 667 g/mol. The van der Waals surface area contributed by atoms with Gasteiger partial charge in [-0.3, -0.25) is 9.59 Å². The number of aliphatic hydroxyl groups excluding tert-OH is 1. The van der Waals surface area contributed by atoms with Crippen LogP contribution in [0.2, 0.25) is 5.02 Å². The molecule has 3 aromatic carbocycles. The zero-order valence-electron chi connectivity index (χ0n) is 21.5. The monoisotopic (exact) mass is 665 g/mol. The molecule has 2 amide bonds. The minimum absolute atomic E-state index is 0.00102. The van der Waals surface area contributed by atoms with Crippen LogP contribution in [0.5, 0.6) is 0 Å². The first-order valence-corrected chi connectivity index (χ1v) is 13.4. The van der Waals surface area contributed by atoms with Crippen LogP contribution in [0.1, 0.15) is 33.8 Å². The van der Waals surface area contributed by atoms with Gasteiger partial charge in [0.25, 0.3) is 5.91 Å². The second-order valence-electron chi connectivity index (χ2n) is 9.47. The minimum Gasteiger partial charge on any atom is -0.373 e. The van der Waals surface area contributed by atoms with E-state index in [1.807, 2.05) is 0 Å². The normalized spacial score (nSPS) is 18.0. The highest BCUT2D eigenvalue weighted by Gasteiger charge is 2.67. The summed E-state index contributed by atoms with van der Waals surface area (Å²) >= 11 is 18.6. The highest BCUT2D eigenvalue weighted by molar-refractivity contribution is 6.53. The molecule has 1 fully saturated rings. The maximum Gasteiger partial charge on any atom is 0.419 e. The Labute approximate surface area is 255 Å². The molecular weight excluding hydrogens is 647 g/mol. The molecule has 0 aliphatic heterocycles. The van der Waals surface area contributed by atoms with E-state index in [1.165, 1.54) is 18.2 Å². The molecule has 228 valence electrons. The van der Waals surface area contributed by atoms with Gasteiger partial charge in [0, 0.05) is 18.0 Å². The Balaban J connectivity index is 1.52. The number of nitrogens with one attached hydrogen (secondary N) is 3. The number of hydrogen-bond donors (Lipinski definition) is 4. The summed E-state index contributed by atoms with van der Waals surface area (Å²) in [6.07, 6.45) is -5.06. The van der Waals surface area contributed by atoms with Gasteiger partial charge in [0.2, 0.25) is 5.91 Å². The average Bonchev–Trinajstić information content (AvgIpc) is 3.50. The molecule has 1 aliphatic carbocycles. The molecule has 1 unspecified atom stereocenters. The largest absolute Gasteiger partial charge is 0.419 e. The van der Waals surface area contributed by atoms with E-state index in [0.717, 1.165) is 24.3 Å². The van der Waals surface area contributed by atoms with E-state index in [2.05, 4.69) is 22.5 Å². The SMILES string of the molecule is C=CCC(O)Nc1c(F)ccc(NC(=O)c2cc(NC(=O)[C@H]3[C@H](c4ccc(F)c(C(F)(F)F)c4)C3(Cl)Cl)ccc2Cl)c1F. The number of hydrogen-bond acceptors (Lipinski definition) is 4. The van der Waals surface area contributed by atoms with E-state index in [4.69, 9.17) is 34.8 Å². The maximum atomic E-state index is 15.0. The zero-order valence-corrected chi connectivity index (χ0v) is 23.8. The first-order chi connectivity index (χ1) is 20.1. The van der Waals surface area contributed by atoms with E-state index in [-0.39, 0.29) is 28.3 Å². The van der Waals surface area contributed by atoms with Crippen molar-refractivity contribution < 1.29 is 41.0 Å². The van der Waals surface area contributed by atoms with Crippen LogP contribution in [-0.2, 0) is 11.0 Å². The van der Waals surface area contributed by atoms with Crippen LogP contribution in [0, 0.1) is 23.4 Å². The molecule has 4 N–H and O–H groups in total. The van der Waals surface area contributed by atoms with Gasteiger partial charge in [-0.15, -0.1) is 29.8 Å². The number of carbonyl (C=O) groups excluding carboxylic acids is 2. The van der Waals surface area contributed by atoms with Crippen molar-refractivity contribution in [2.24, 2.45) is 5.92 Å². The smallest absolute Gasteiger partial charge is 0.373 e. The van der Waals surface area contributed by atoms with Crippen molar-refractivity contribution in [1.29, 1.82) is 0 Å². The lowest BCUT2D eigenvalue weighted by molar-refractivity contribution is -0.140. The fourth-order valence-electron chi connectivity index (χ4n) is 4.37. The third-order valence-corrected chi connectivity index (χ3v) is 7.78.